The fraction of sp³-hybridized carbons (Fsp3) is 0.429. The van der Waals surface area contributed by atoms with E-state index in [1.165, 1.54) is 54.1 Å². The molecule has 0 N–H and O–H groups in total. The Morgan fingerprint density at radius 3 is 2.60 bits per heavy atom. The SMILES string of the molecule is COCOc1ccc(C)cc1Pc1ccccc1CN1CCCCC1. The molecule has 1 aliphatic rings. The lowest BCUT2D eigenvalue weighted by Crippen LogP contribution is -2.30. The smallest absolute Gasteiger partial charge is 0.188 e. The van der Waals surface area contributed by atoms with Gasteiger partial charge in [0.1, 0.15) is 5.75 Å². The second kappa shape index (κ2) is 9.33. The van der Waals surface area contributed by atoms with Crippen LogP contribution >= 0.6 is 8.58 Å². The van der Waals surface area contributed by atoms with Crippen LogP contribution in [0.15, 0.2) is 42.5 Å². The van der Waals surface area contributed by atoms with Crippen molar-refractivity contribution >= 4 is 19.2 Å². The third-order valence-electron chi connectivity index (χ3n) is 4.60. The standard InChI is InChI=1S/C21H28NO2P/c1-17-10-11-19(24-16-23-2)21(14-17)25-20-9-5-4-8-18(20)15-22-12-6-3-7-13-22/h4-5,8-11,14,25H,3,6-7,12-13,15-16H2,1-2H3. The van der Waals surface area contributed by atoms with Gasteiger partial charge in [0.2, 0.25) is 0 Å². The van der Waals surface area contributed by atoms with Gasteiger partial charge in [0.25, 0.3) is 0 Å². The van der Waals surface area contributed by atoms with E-state index in [9.17, 15) is 0 Å². The molecule has 1 unspecified atom stereocenters. The maximum absolute atomic E-state index is 5.78. The van der Waals surface area contributed by atoms with Crippen molar-refractivity contribution < 1.29 is 9.47 Å². The molecule has 25 heavy (non-hydrogen) atoms. The zero-order valence-electron chi connectivity index (χ0n) is 15.3. The van der Waals surface area contributed by atoms with E-state index >= 15 is 0 Å². The number of piperidine rings is 1. The Bertz CT molecular complexity index is 683. The van der Waals surface area contributed by atoms with E-state index in [0.717, 1.165) is 12.3 Å². The highest BCUT2D eigenvalue weighted by atomic mass is 31.1. The molecular formula is C21H28NO2P. The lowest BCUT2D eigenvalue weighted by atomic mass is 10.1. The lowest BCUT2D eigenvalue weighted by Gasteiger charge is -2.27. The van der Waals surface area contributed by atoms with Gasteiger partial charge in [0, 0.05) is 19.0 Å². The van der Waals surface area contributed by atoms with E-state index in [1.807, 2.05) is 0 Å². The predicted molar refractivity (Wildman–Crippen MR) is 107 cm³/mol. The second-order valence-electron chi connectivity index (χ2n) is 6.67. The van der Waals surface area contributed by atoms with Crippen molar-refractivity contribution in [2.45, 2.75) is 32.7 Å². The summed E-state index contributed by atoms with van der Waals surface area (Å²) in [5.41, 5.74) is 2.71. The topological polar surface area (TPSA) is 21.7 Å². The van der Waals surface area contributed by atoms with Gasteiger partial charge in [-0.3, -0.25) is 4.90 Å². The summed E-state index contributed by atoms with van der Waals surface area (Å²) in [4.78, 5) is 2.59. The molecule has 0 aliphatic carbocycles. The Kier molecular flexibility index (Phi) is 6.86. The Morgan fingerprint density at radius 1 is 1.00 bits per heavy atom. The number of benzene rings is 2. The number of aryl methyl sites for hydroxylation is 1. The quantitative estimate of drug-likeness (QED) is 0.558. The highest BCUT2D eigenvalue weighted by molar-refractivity contribution is 7.55. The van der Waals surface area contributed by atoms with Gasteiger partial charge in [-0.05, 0) is 55.9 Å². The first kappa shape index (κ1) is 18.4. The highest BCUT2D eigenvalue weighted by Gasteiger charge is 2.14. The fourth-order valence-electron chi connectivity index (χ4n) is 3.27. The van der Waals surface area contributed by atoms with Crippen LogP contribution < -0.4 is 15.3 Å². The fourth-order valence-corrected chi connectivity index (χ4v) is 4.64. The number of hydrogen-bond acceptors (Lipinski definition) is 3. The Labute approximate surface area is 153 Å². The van der Waals surface area contributed by atoms with Crippen LogP contribution in [0, 0.1) is 6.92 Å². The molecule has 0 spiro atoms. The summed E-state index contributed by atoms with van der Waals surface area (Å²) < 4.78 is 10.9. The van der Waals surface area contributed by atoms with Gasteiger partial charge < -0.3 is 9.47 Å². The Hall–Kier alpha value is -1.41. The van der Waals surface area contributed by atoms with Gasteiger partial charge in [-0.2, -0.15) is 0 Å². The number of methoxy groups -OCH3 is 1. The van der Waals surface area contributed by atoms with Crippen LogP contribution in [0.25, 0.3) is 0 Å². The Morgan fingerprint density at radius 2 is 1.80 bits per heavy atom. The molecule has 2 aromatic rings. The van der Waals surface area contributed by atoms with E-state index in [1.54, 1.807) is 7.11 Å². The van der Waals surface area contributed by atoms with Crippen LogP contribution in [0.1, 0.15) is 30.4 Å². The second-order valence-corrected chi connectivity index (χ2v) is 8.00. The van der Waals surface area contributed by atoms with Gasteiger partial charge >= 0.3 is 0 Å². The molecule has 0 amide bonds. The minimum atomic E-state index is 0.288. The van der Waals surface area contributed by atoms with E-state index in [4.69, 9.17) is 9.47 Å². The first-order valence-corrected chi connectivity index (χ1v) is 10.1. The first-order chi connectivity index (χ1) is 12.3. The molecule has 3 rings (SSSR count). The molecule has 1 atom stereocenters. The van der Waals surface area contributed by atoms with Crippen molar-refractivity contribution in [1.82, 2.24) is 4.90 Å². The van der Waals surface area contributed by atoms with Crippen molar-refractivity contribution in [2.24, 2.45) is 0 Å². The van der Waals surface area contributed by atoms with E-state index in [0.29, 0.717) is 8.58 Å². The molecule has 1 aliphatic heterocycles. The first-order valence-electron chi connectivity index (χ1n) is 9.06. The predicted octanol–water partition coefficient (Wildman–Crippen LogP) is 3.59. The molecule has 2 aromatic carbocycles. The van der Waals surface area contributed by atoms with E-state index in [-0.39, 0.29) is 6.79 Å². The Balaban J connectivity index is 1.79. The van der Waals surface area contributed by atoms with Crippen LogP contribution in [0.3, 0.4) is 0 Å². The molecule has 0 bridgehead atoms. The number of hydrogen-bond donors (Lipinski definition) is 0. The summed E-state index contributed by atoms with van der Waals surface area (Å²) in [6.45, 7) is 5.93. The lowest BCUT2D eigenvalue weighted by molar-refractivity contribution is 0.0519. The van der Waals surface area contributed by atoms with Crippen molar-refractivity contribution in [2.75, 3.05) is 27.0 Å². The highest BCUT2D eigenvalue weighted by Crippen LogP contribution is 2.23. The van der Waals surface area contributed by atoms with E-state index < -0.39 is 0 Å². The van der Waals surface area contributed by atoms with Gasteiger partial charge in [-0.1, -0.05) is 50.9 Å². The minimum absolute atomic E-state index is 0.288. The zero-order valence-corrected chi connectivity index (χ0v) is 16.3. The summed E-state index contributed by atoms with van der Waals surface area (Å²) >= 11 is 0. The normalized spacial score (nSPS) is 15.8. The summed E-state index contributed by atoms with van der Waals surface area (Å²) in [6.07, 6.45) is 4.04. The van der Waals surface area contributed by atoms with Crippen LogP contribution in [0.5, 0.6) is 5.75 Å². The molecular weight excluding hydrogens is 329 g/mol. The third-order valence-corrected chi connectivity index (χ3v) is 6.01. The molecule has 4 heteroatoms. The van der Waals surface area contributed by atoms with Crippen LogP contribution in [0.2, 0.25) is 0 Å². The van der Waals surface area contributed by atoms with E-state index in [2.05, 4.69) is 54.3 Å². The van der Waals surface area contributed by atoms with Crippen molar-refractivity contribution in [3.8, 4) is 5.75 Å². The summed E-state index contributed by atoms with van der Waals surface area (Å²) in [5.74, 6) is 0.929. The van der Waals surface area contributed by atoms with Crippen LogP contribution in [-0.4, -0.2) is 31.9 Å². The summed E-state index contributed by atoms with van der Waals surface area (Å²) in [5, 5.41) is 2.67. The van der Waals surface area contributed by atoms with Crippen molar-refractivity contribution in [1.29, 1.82) is 0 Å². The van der Waals surface area contributed by atoms with Crippen molar-refractivity contribution in [3.05, 3.63) is 53.6 Å². The van der Waals surface area contributed by atoms with Crippen LogP contribution in [0.4, 0.5) is 0 Å². The van der Waals surface area contributed by atoms with Gasteiger partial charge in [0.05, 0.1) is 0 Å². The van der Waals surface area contributed by atoms with Gasteiger partial charge in [-0.25, -0.2) is 0 Å². The molecule has 3 nitrogen and oxygen atoms in total. The zero-order chi connectivity index (χ0) is 17.5. The molecule has 0 saturated carbocycles. The number of ether oxygens (including phenoxy) is 2. The summed E-state index contributed by atoms with van der Waals surface area (Å²) in [7, 11) is 2.25. The summed E-state index contributed by atoms with van der Waals surface area (Å²) in [6, 6.07) is 15.2. The molecule has 0 aromatic heterocycles. The molecule has 1 heterocycles. The number of rotatable bonds is 7. The van der Waals surface area contributed by atoms with Crippen molar-refractivity contribution in [3.63, 3.8) is 0 Å². The maximum atomic E-state index is 5.78. The third kappa shape index (κ3) is 5.28. The van der Waals surface area contributed by atoms with Gasteiger partial charge in [-0.15, -0.1) is 0 Å². The number of nitrogens with zero attached hydrogens (tertiary/aromatic N) is 1. The largest absolute Gasteiger partial charge is 0.467 e. The minimum Gasteiger partial charge on any atom is -0.467 e. The molecule has 1 saturated heterocycles. The maximum Gasteiger partial charge on any atom is 0.188 e. The number of likely N-dealkylation sites (tertiary alicyclic amines) is 1. The van der Waals surface area contributed by atoms with Crippen LogP contribution in [-0.2, 0) is 11.3 Å². The average molecular weight is 357 g/mol. The molecule has 1 fully saturated rings. The molecule has 0 radical (unpaired) electrons. The molecule has 134 valence electrons. The monoisotopic (exact) mass is 357 g/mol. The van der Waals surface area contributed by atoms with Gasteiger partial charge in [0.15, 0.2) is 6.79 Å². The average Bonchev–Trinajstić information content (AvgIpc) is 2.64.